The Hall–Kier alpha value is -5.73. The van der Waals surface area contributed by atoms with Crippen LogP contribution in [0, 0.1) is 0 Å². The lowest BCUT2D eigenvalue weighted by Gasteiger charge is -2.31. The summed E-state index contributed by atoms with van der Waals surface area (Å²) in [6.07, 6.45) is 8.55. The van der Waals surface area contributed by atoms with Crippen molar-refractivity contribution in [2.24, 2.45) is 4.99 Å². The highest BCUT2D eigenvalue weighted by Gasteiger charge is 2.35. The summed E-state index contributed by atoms with van der Waals surface area (Å²) in [5.74, 6) is 0. The van der Waals surface area contributed by atoms with E-state index in [1.54, 1.807) is 0 Å². The predicted octanol–water partition coefficient (Wildman–Crippen LogP) is 10.9. The fourth-order valence-electron chi connectivity index (χ4n) is 7.29. The number of benzene rings is 7. The zero-order valence-corrected chi connectivity index (χ0v) is 24.7. The SMILES string of the molecule is C1=CC2=NC(c3ccccc3)N(c3ccc(-c4c5ccccc5c(-c5ccc6ccccc6c5)c5ccccc45)cc3)C2C=C1. The highest BCUT2D eigenvalue weighted by Crippen LogP contribution is 2.45. The van der Waals surface area contributed by atoms with Gasteiger partial charge in [0.2, 0.25) is 0 Å². The normalized spacial score (nSPS) is 17.2. The maximum absolute atomic E-state index is 5.16. The third kappa shape index (κ3) is 4.22. The molecule has 2 heteroatoms. The highest BCUT2D eigenvalue weighted by molar-refractivity contribution is 6.21. The molecule has 2 unspecified atom stereocenters. The van der Waals surface area contributed by atoms with Crippen LogP contribution in [0.4, 0.5) is 5.69 Å². The largest absolute Gasteiger partial charge is 0.334 e. The lowest BCUT2D eigenvalue weighted by Crippen LogP contribution is -2.35. The molecule has 9 rings (SSSR count). The molecule has 0 spiro atoms. The maximum atomic E-state index is 5.16. The minimum absolute atomic E-state index is 0.0626. The first-order valence-corrected chi connectivity index (χ1v) is 15.6. The Bertz CT molecular complexity index is 2270. The molecule has 2 nitrogen and oxygen atoms in total. The first kappa shape index (κ1) is 25.7. The van der Waals surface area contributed by atoms with E-state index in [-0.39, 0.29) is 12.2 Å². The van der Waals surface area contributed by atoms with Gasteiger partial charge in [-0.1, -0.05) is 146 Å². The van der Waals surface area contributed by atoms with Crippen LogP contribution in [0.3, 0.4) is 0 Å². The van der Waals surface area contributed by atoms with Crippen LogP contribution in [0.1, 0.15) is 11.7 Å². The van der Waals surface area contributed by atoms with E-state index in [0.717, 1.165) is 11.4 Å². The average molecular weight is 575 g/mol. The number of hydrogen-bond acceptors (Lipinski definition) is 2. The summed E-state index contributed by atoms with van der Waals surface area (Å²) in [5, 5.41) is 7.59. The summed E-state index contributed by atoms with van der Waals surface area (Å²) in [6.45, 7) is 0. The van der Waals surface area contributed by atoms with Gasteiger partial charge in [-0.15, -0.1) is 0 Å². The van der Waals surface area contributed by atoms with Crippen LogP contribution >= 0.6 is 0 Å². The van der Waals surface area contributed by atoms with E-state index in [1.807, 2.05) is 0 Å². The van der Waals surface area contributed by atoms with E-state index in [2.05, 4.69) is 175 Å². The Labute approximate surface area is 262 Å². The van der Waals surface area contributed by atoms with Crippen molar-refractivity contribution >= 4 is 43.7 Å². The minimum Gasteiger partial charge on any atom is -0.334 e. The van der Waals surface area contributed by atoms with Crippen LogP contribution in [0.5, 0.6) is 0 Å². The van der Waals surface area contributed by atoms with E-state index in [9.17, 15) is 0 Å². The van der Waals surface area contributed by atoms with Gasteiger partial charge < -0.3 is 4.90 Å². The first-order chi connectivity index (χ1) is 22.3. The zero-order valence-electron chi connectivity index (χ0n) is 24.7. The van der Waals surface area contributed by atoms with Crippen molar-refractivity contribution in [3.05, 3.63) is 175 Å². The van der Waals surface area contributed by atoms with Gasteiger partial charge in [0, 0.05) is 5.69 Å². The molecule has 7 aromatic rings. The minimum atomic E-state index is -0.0626. The van der Waals surface area contributed by atoms with Crippen LogP contribution in [-0.4, -0.2) is 11.8 Å². The number of allylic oxidation sites excluding steroid dienone is 2. The van der Waals surface area contributed by atoms with Crippen LogP contribution in [0.2, 0.25) is 0 Å². The van der Waals surface area contributed by atoms with Crippen molar-refractivity contribution in [1.82, 2.24) is 0 Å². The van der Waals surface area contributed by atoms with Gasteiger partial charge in [0.1, 0.15) is 6.17 Å². The number of nitrogens with zero attached hydrogens (tertiary/aromatic N) is 2. The second-order valence-electron chi connectivity index (χ2n) is 11.9. The Morgan fingerprint density at radius 1 is 0.489 bits per heavy atom. The molecule has 0 amide bonds. The maximum Gasteiger partial charge on any atom is 0.148 e. The second-order valence-corrected chi connectivity index (χ2v) is 11.9. The quantitative estimate of drug-likeness (QED) is 0.191. The average Bonchev–Trinajstić information content (AvgIpc) is 3.51. The molecule has 0 N–H and O–H groups in total. The van der Waals surface area contributed by atoms with E-state index < -0.39 is 0 Å². The van der Waals surface area contributed by atoms with Crippen molar-refractivity contribution in [2.45, 2.75) is 12.2 Å². The third-order valence-corrected chi connectivity index (χ3v) is 9.33. The fourth-order valence-corrected chi connectivity index (χ4v) is 7.29. The summed E-state index contributed by atoms with van der Waals surface area (Å²) in [4.78, 5) is 7.60. The molecule has 0 bridgehead atoms. The van der Waals surface area contributed by atoms with E-state index in [1.165, 1.54) is 60.1 Å². The Morgan fingerprint density at radius 2 is 1.07 bits per heavy atom. The van der Waals surface area contributed by atoms with Crippen LogP contribution in [0.15, 0.2) is 175 Å². The highest BCUT2D eigenvalue weighted by atomic mass is 15.3. The molecule has 0 fully saturated rings. The van der Waals surface area contributed by atoms with Gasteiger partial charge in [0.15, 0.2) is 0 Å². The molecule has 212 valence electrons. The molecule has 0 aromatic heterocycles. The summed E-state index contributed by atoms with van der Waals surface area (Å²) in [5.41, 5.74) is 8.50. The van der Waals surface area contributed by atoms with Crippen molar-refractivity contribution < 1.29 is 0 Å². The topological polar surface area (TPSA) is 15.6 Å². The monoisotopic (exact) mass is 574 g/mol. The first-order valence-electron chi connectivity index (χ1n) is 15.6. The molecule has 2 atom stereocenters. The summed E-state index contributed by atoms with van der Waals surface area (Å²) < 4.78 is 0. The van der Waals surface area contributed by atoms with Gasteiger partial charge in [0.25, 0.3) is 0 Å². The molecule has 0 saturated heterocycles. The van der Waals surface area contributed by atoms with Gasteiger partial charge in [-0.05, 0) is 84.4 Å². The van der Waals surface area contributed by atoms with Crippen molar-refractivity contribution in [3.8, 4) is 22.3 Å². The molecule has 2 aliphatic rings. The fraction of sp³-hybridized carbons (Fsp3) is 0.0465. The molecule has 1 heterocycles. The van der Waals surface area contributed by atoms with Crippen molar-refractivity contribution in [3.63, 3.8) is 0 Å². The third-order valence-electron chi connectivity index (χ3n) is 9.33. The molecule has 0 radical (unpaired) electrons. The Kier molecular flexibility index (Phi) is 5.99. The summed E-state index contributed by atoms with van der Waals surface area (Å²) in [7, 11) is 0. The summed E-state index contributed by atoms with van der Waals surface area (Å²) in [6, 6.07) is 53.1. The lowest BCUT2D eigenvalue weighted by molar-refractivity contribution is 0.696. The van der Waals surface area contributed by atoms with Crippen molar-refractivity contribution in [1.29, 1.82) is 0 Å². The van der Waals surface area contributed by atoms with Gasteiger partial charge in [-0.2, -0.15) is 0 Å². The Balaban J connectivity index is 1.20. The molecule has 7 aromatic carbocycles. The lowest BCUT2D eigenvalue weighted by atomic mass is 9.85. The number of aliphatic imine (C=N–C) groups is 1. The number of fused-ring (bicyclic) bond motifs is 4. The van der Waals surface area contributed by atoms with Crippen LogP contribution in [0.25, 0.3) is 54.6 Å². The van der Waals surface area contributed by atoms with Gasteiger partial charge in [0.05, 0.1) is 11.8 Å². The van der Waals surface area contributed by atoms with Gasteiger partial charge in [-0.25, -0.2) is 0 Å². The van der Waals surface area contributed by atoms with Crippen LogP contribution < -0.4 is 4.90 Å². The molecule has 1 aliphatic heterocycles. The molecular weight excluding hydrogens is 544 g/mol. The molecular formula is C43H30N2. The summed E-state index contributed by atoms with van der Waals surface area (Å²) >= 11 is 0. The molecule has 1 aliphatic carbocycles. The predicted molar refractivity (Wildman–Crippen MR) is 191 cm³/mol. The standard InChI is InChI=1S/C43H30N2/c1-2-13-31(14-3-1)43-44-39-20-10-11-21-40(39)45(43)34-26-24-30(25-27-34)41-35-16-6-8-18-37(35)42(38-19-9-7-17-36(38)41)33-23-22-29-12-4-5-15-32(29)28-33/h1-28,40,43H. The van der Waals surface area contributed by atoms with Crippen molar-refractivity contribution in [2.75, 3.05) is 4.90 Å². The van der Waals surface area contributed by atoms with E-state index in [4.69, 9.17) is 4.99 Å². The van der Waals surface area contributed by atoms with Crippen LogP contribution in [-0.2, 0) is 0 Å². The van der Waals surface area contributed by atoms with E-state index >= 15 is 0 Å². The zero-order chi connectivity index (χ0) is 29.7. The van der Waals surface area contributed by atoms with E-state index in [0.29, 0.717) is 0 Å². The molecule has 0 saturated carbocycles. The number of hydrogen-bond donors (Lipinski definition) is 0. The van der Waals surface area contributed by atoms with Gasteiger partial charge >= 0.3 is 0 Å². The van der Waals surface area contributed by atoms with Gasteiger partial charge in [-0.3, -0.25) is 4.99 Å². The number of rotatable bonds is 4. The Morgan fingerprint density at radius 3 is 1.76 bits per heavy atom. The number of anilines is 1. The smallest absolute Gasteiger partial charge is 0.148 e. The second kappa shape index (κ2) is 10.5. The molecule has 45 heavy (non-hydrogen) atoms.